The third-order valence-corrected chi connectivity index (χ3v) is 7.22. The van der Waals surface area contributed by atoms with E-state index in [0.717, 1.165) is 38.7 Å². The van der Waals surface area contributed by atoms with Crippen molar-refractivity contribution in [1.29, 1.82) is 0 Å². The van der Waals surface area contributed by atoms with Gasteiger partial charge in [0.15, 0.2) is 0 Å². The number of halogens is 1. The summed E-state index contributed by atoms with van der Waals surface area (Å²) < 4.78 is 6.38. The van der Waals surface area contributed by atoms with Crippen LogP contribution in [0.25, 0.3) is 0 Å². The Bertz CT molecular complexity index is 1140. The van der Waals surface area contributed by atoms with E-state index >= 15 is 0 Å². The number of ether oxygens (including phenoxy) is 1. The van der Waals surface area contributed by atoms with E-state index < -0.39 is 0 Å². The summed E-state index contributed by atoms with van der Waals surface area (Å²) >= 11 is 4.56. The van der Waals surface area contributed by atoms with Gasteiger partial charge in [-0.2, -0.15) is 0 Å². The summed E-state index contributed by atoms with van der Waals surface area (Å²) in [6.45, 7) is 2.15. The van der Waals surface area contributed by atoms with E-state index in [9.17, 15) is 9.59 Å². The molecule has 4 rings (SSSR count). The highest BCUT2D eigenvalue weighted by Gasteiger charge is 2.31. The standard InChI is InChI=1S/C26H25BrN2O3S/c1-16(18-6-10-21(27)11-7-18)28-24(19-8-12-22(32-2)13-9-19)20-5-3-4-17(14-20)15-23-25(30)29-26(31)33-23/h3-14,16,23-24,28H,15H2,1-2H3,(H,29,30,31)/t16-,23?,24?/m1/s1. The van der Waals surface area contributed by atoms with Gasteiger partial charge in [-0.05, 0) is 59.9 Å². The van der Waals surface area contributed by atoms with Crippen molar-refractivity contribution >= 4 is 38.8 Å². The van der Waals surface area contributed by atoms with E-state index in [0.29, 0.717) is 6.42 Å². The van der Waals surface area contributed by atoms with Crippen LogP contribution in [0.5, 0.6) is 5.75 Å². The summed E-state index contributed by atoms with van der Waals surface area (Å²) in [5.74, 6) is 0.588. The zero-order valence-electron chi connectivity index (χ0n) is 18.4. The van der Waals surface area contributed by atoms with Crippen molar-refractivity contribution in [3.63, 3.8) is 0 Å². The van der Waals surface area contributed by atoms with Gasteiger partial charge in [0.25, 0.3) is 5.24 Å². The van der Waals surface area contributed by atoms with Crippen LogP contribution >= 0.6 is 27.7 Å². The topological polar surface area (TPSA) is 67.4 Å². The number of rotatable bonds is 8. The number of carbonyl (C=O) groups excluding carboxylic acids is 2. The van der Waals surface area contributed by atoms with Crippen LogP contribution in [-0.4, -0.2) is 23.5 Å². The molecule has 3 aromatic carbocycles. The minimum atomic E-state index is -0.387. The van der Waals surface area contributed by atoms with Gasteiger partial charge in [0.05, 0.1) is 18.4 Å². The lowest BCUT2D eigenvalue weighted by Crippen LogP contribution is -2.26. The smallest absolute Gasteiger partial charge is 0.286 e. The quantitative estimate of drug-likeness (QED) is 0.390. The molecule has 2 N–H and O–H groups in total. The van der Waals surface area contributed by atoms with E-state index in [4.69, 9.17) is 4.74 Å². The molecule has 3 atom stereocenters. The van der Waals surface area contributed by atoms with Crippen molar-refractivity contribution in [2.45, 2.75) is 30.7 Å². The van der Waals surface area contributed by atoms with Crippen molar-refractivity contribution in [3.8, 4) is 5.75 Å². The molecule has 1 fully saturated rings. The molecule has 170 valence electrons. The highest BCUT2D eigenvalue weighted by atomic mass is 79.9. The maximum Gasteiger partial charge on any atom is 0.286 e. The highest BCUT2D eigenvalue weighted by Crippen LogP contribution is 2.30. The zero-order valence-corrected chi connectivity index (χ0v) is 20.8. The molecule has 0 spiro atoms. The predicted molar refractivity (Wildman–Crippen MR) is 136 cm³/mol. The Morgan fingerprint density at radius 2 is 1.70 bits per heavy atom. The first-order valence-electron chi connectivity index (χ1n) is 10.7. The lowest BCUT2D eigenvalue weighted by Gasteiger charge is -2.25. The van der Waals surface area contributed by atoms with Crippen molar-refractivity contribution < 1.29 is 14.3 Å². The molecule has 0 aromatic heterocycles. The van der Waals surface area contributed by atoms with Crippen LogP contribution in [0, 0.1) is 0 Å². The molecule has 3 aromatic rings. The second-order valence-corrected chi connectivity index (χ2v) is 10.1. The van der Waals surface area contributed by atoms with Gasteiger partial charge >= 0.3 is 0 Å². The van der Waals surface area contributed by atoms with E-state index in [-0.39, 0.29) is 28.5 Å². The monoisotopic (exact) mass is 524 g/mol. The number of carbonyl (C=O) groups is 2. The van der Waals surface area contributed by atoms with Crippen LogP contribution < -0.4 is 15.4 Å². The molecule has 1 aliphatic heterocycles. The second kappa shape index (κ2) is 10.5. The molecule has 5 nitrogen and oxygen atoms in total. The number of hydrogen-bond acceptors (Lipinski definition) is 5. The number of hydrogen-bond donors (Lipinski definition) is 2. The first-order chi connectivity index (χ1) is 15.9. The van der Waals surface area contributed by atoms with Crippen LogP contribution in [-0.2, 0) is 11.2 Å². The summed E-state index contributed by atoms with van der Waals surface area (Å²) in [4.78, 5) is 23.6. The van der Waals surface area contributed by atoms with Crippen molar-refractivity contribution in [1.82, 2.24) is 10.6 Å². The molecule has 1 aliphatic rings. The van der Waals surface area contributed by atoms with Gasteiger partial charge in [0.2, 0.25) is 5.91 Å². The van der Waals surface area contributed by atoms with Gasteiger partial charge in [0, 0.05) is 10.5 Å². The molecule has 0 radical (unpaired) electrons. The van der Waals surface area contributed by atoms with Gasteiger partial charge in [-0.1, -0.05) is 76.2 Å². The SMILES string of the molecule is COc1ccc(C(N[C@H](C)c2ccc(Br)cc2)c2cccc(CC3SC(=O)NC3=O)c2)cc1. The number of imide groups is 1. The minimum Gasteiger partial charge on any atom is -0.497 e. The molecule has 0 aliphatic carbocycles. The molecule has 2 unspecified atom stereocenters. The Morgan fingerprint density at radius 1 is 1.00 bits per heavy atom. The maximum atomic E-state index is 12.0. The molecule has 1 heterocycles. The van der Waals surface area contributed by atoms with Crippen LogP contribution in [0.4, 0.5) is 4.79 Å². The zero-order chi connectivity index (χ0) is 23.4. The van der Waals surface area contributed by atoms with Gasteiger partial charge in [-0.25, -0.2) is 0 Å². The largest absolute Gasteiger partial charge is 0.497 e. The van der Waals surface area contributed by atoms with E-state index in [1.165, 1.54) is 5.56 Å². The van der Waals surface area contributed by atoms with E-state index in [1.54, 1.807) is 7.11 Å². The van der Waals surface area contributed by atoms with Gasteiger partial charge in [-0.3, -0.25) is 20.2 Å². The Kier molecular flexibility index (Phi) is 7.53. The van der Waals surface area contributed by atoms with Crippen LogP contribution in [0.15, 0.2) is 77.3 Å². The van der Waals surface area contributed by atoms with Crippen LogP contribution in [0.3, 0.4) is 0 Å². The highest BCUT2D eigenvalue weighted by molar-refractivity contribution is 9.10. The third-order valence-electron chi connectivity index (χ3n) is 5.71. The number of thioether (sulfide) groups is 1. The Hall–Kier alpha value is -2.61. The molecule has 0 saturated carbocycles. The second-order valence-electron chi connectivity index (χ2n) is 7.98. The fourth-order valence-corrected chi connectivity index (χ4v) is 5.04. The van der Waals surface area contributed by atoms with Crippen LogP contribution in [0.1, 0.15) is 41.3 Å². The average molecular weight is 525 g/mol. The van der Waals surface area contributed by atoms with Gasteiger partial charge in [0.1, 0.15) is 5.75 Å². The predicted octanol–water partition coefficient (Wildman–Crippen LogP) is 5.79. The third kappa shape index (κ3) is 5.85. The summed E-state index contributed by atoms with van der Waals surface area (Å²) in [6.07, 6.45) is 0.508. The fourth-order valence-electron chi connectivity index (χ4n) is 3.92. The number of nitrogens with one attached hydrogen (secondary N) is 2. The summed E-state index contributed by atoms with van der Waals surface area (Å²) in [7, 11) is 1.66. The number of benzene rings is 3. The molecule has 33 heavy (non-hydrogen) atoms. The van der Waals surface area contributed by atoms with E-state index in [2.05, 4.69) is 69.9 Å². The molecule has 0 bridgehead atoms. The Labute approximate surface area is 206 Å². The summed E-state index contributed by atoms with van der Waals surface area (Å²) in [5, 5.41) is 5.47. The van der Waals surface area contributed by atoms with Crippen molar-refractivity contribution in [2.24, 2.45) is 0 Å². The number of methoxy groups -OCH3 is 1. The van der Waals surface area contributed by atoms with Crippen molar-refractivity contribution in [3.05, 3.63) is 99.5 Å². The van der Waals surface area contributed by atoms with Crippen LogP contribution in [0.2, 0.25) is 0 Å². The normalized spacial score (nSPS) is 17.5. The molecule has 1 saturated heterocycles. The molecule has 2 amide bonds. The average Bonchev–Trinajstić information content (AvgIpc) is 3.14. The van der Waals surface area contributed by atoms with Crippen molar-refractivity contribution in [2.75, 3.05) is 7.11 Å². The Morgan fingerprint density at radius 3 is 2.33 bits per heavy atom. The lowest BCUT2D eigenvalue weighted by atomic mass is 9.94. The van der Waals surface area contributed by atoms with Gasteiger partial charge in [-0.15, -0.1) is 0 Å². The minimum absolute atomic E-state index is 0.0683. The Balaban J connectivity index is 1.63. The van der Waals surface area contributed by atoms with Gasteiger partial charge < -0.3 is 4.74 Å². The molecular formula is C26H25BrN2O3S. The first-order valence-corrected chi connectivity index (χ1v) is 12.4. The number of amides is 2. The first kappa shape index (κ1) is 23.5. The van der Waals surface area contributed by atoms with E-state index in [1.807, 2.05) is 36.4 Å². The lowest BCUT2D eigenvalue weighted by molar-refractivity contribution is -0.118. The maximum absolute atomic E-state index is 12.0. The summed E-state index contributed by atoms with van der Waals surface area (Å²) in [6, 6.07) is 24.6. The molecule has 7 heteroatoms. The summed E-state index contributed by atoms with van der Waals surface area (Å²) in [5.41, 5.74) is 4.41. The molecular weight excluding hydrogens is 500 g/mol. The fraction of sp³-hybridized carbons (Fsp3) is 0.231.